The van der Waals surface area contributed by atoms with Crippen molar-refractivity contribution >= 4 is 23.4 Å². The lowest BCUT2D eigenvalue weighted by atomic mass is 9.97. The predicted molar refractivity (Wildman–Crippen MR) is 135 cm³/mol. The van der Waals surface area contributed by atoms with E-state index in [2.05, 4.69) is 29.8 Å². The second-order valence-corrected chi connectivity index (χ2v) is 9.89. The summed E-state index contributed by atoms with van der Waals surface area (Å²) in [5, 5.41) is 0.772. The highest BCUT2D eigenvalue weighted by Crippen LogP contribution is 2.31. The molecule has 1 aromatic carbocycles. The Labute approximate surface area is 201 Å². The summed E-state index contributed by atoms with van der Waals surface area (Å²) in [7, 11) is 0. The SMILES string of the molecule is CCN(CC)CCCn1c2c(c(SCC(=O)N3CCCc4ccccc43)nc1=O)CCCC2. The number of rotatable bonds is 9. The summed E-state index contributed by atoms with van der Waals surface area (Å²) in [6, 6.07) is 8.18. The van der Waals surface area contributed by atoms with E-state index in [1.54, 1.807) is 0 Å². The molecule has 0 saturated heterocycles. The van der Waals surface area contributed by atoms with Gasteiger partial charge in [-0.3, -0.25) is 9.36 Å². The molecule has 178 valence electrons. The smallest absolute Gasteiger partial charge is 0.311 e. The van der Waals surface area contributed by atoms with Crippen LogP contribution in [-0.2, 0) is 30.6 Å². The lowest BCUT2D eigenvalue weighted by Crippen LogP contribution is -2.37. The van der Waals surface area contributed by atoms with E-state index in [1.807, 2.05) is 27.7 Å². The minimum atomic E-state index is -0.159. The van der Waals surface area contributed by atoms with Crippen molar-refractivity contribution in [2.24, 2.45) is 0 Å². The Bertz CT molecular complexity index is 1030. The van der Waals surface area contributed by atoms with Crippen molar-refractivity contribution < 1.29 is 4.79 Å². The van der Waals surface area contributed by atoms with Gasteiger partial charge in [-0.15, -0.1) is 0 Å². The molecule has 0 spiro atoms. The van der Waals surface area contributed by atoms with Crippen molar-refractivity contribution in [1.29, 1.82) is 0 Å². The summed E-state index contributed by atoms with van der Waals surface area (Å²) >= 11 is 1.45. The van der Waals surface area contributed by atoms with Gasteiger partial charge in [0, 0.05) is 30.0 Å². The van der Waals surface area contributed by atoms with Gasteiger partial charge in [0.1, 0.15) is 5.03 Å². The van der Waals surface area contributed by atoms with Crippen LogP contribution in [0.4, 0.5) is 5.69 Å². The maximum Gasteiger partial charge on any atom is 0.348 e. The van der Waals surface area contributed by atoms with Gasteiger partial charge in [-0.05, 0) is 76.2 Å². The van der Waals surface area contributed by atoms with E-state index < -0.39 is 0 Å². The summed E-state index contributed by atoms with van der Waals surface area (Å²) in [5.41, 5.74) is 4.46. The molecule has 0 saturated carbocycles. The Morgan fingerprint density at radius 1 is 1.09 bits per heavy atom. The highest BCUT2D eigenvalue weighted by atomic mass is 32.2. The molecule has 0 fully saturated rings. The molecule has 2 aliphatic rings. The minimum absolute atomic E-state index is 0.0990. The van der Waals surface area contributed by atoms with Crippen LogP contribution in [0.1, 0.15) is 56.4 Å². The quantitative estimate of drug-likeness (QED) is 0.412. The van der Waals surface area contributed by atoms with Gasteiger partial charge in [0.2, 0.25) is 5.91 Å². The third kappa shape index (κ3) is 5.52. The van der Waals surface area contributed by atoms with Crippen molar-refractivity contribution in [2.75, 3.05) is 36.8 Å². The number of carbonyl (C=O) groups is 1. The average Bonchev–Trinajstić information content (AvgIpc) is 2.86. The molecule has 33 heavy (non-hydrogen) atoms. The van der Waals surface area contributed by atoms with Crippen LogP contribution in [0.5, 0.6) is 0 Å². The standard InChI is InChI=1S/C26H36N4O2S/c1-3-28(4-2)16-10-18-30-23-15-8-6-13-21(23)25(27-26(30)32)33-19-24(31)29-17-9-12-20-11-5-7-14-22(20)29/h5,7,11,14H,3-4,6,8-10,12-13,15-19H2,1-2H3. The van der Waals surface area contributed by atoms with E-state index in [0.717, 1.165) is 94.1 Å². The Kier molecular flexibility index (Phi) is 8.25. The number of aryl methyl sites for hydroxylation is 1. The number of benzene rings is 1. The first-order chi connectivity index (χ1) is 16.1. The molecule has 0 atom stereocenters. The van der Waals surface area contributed by atoms with Crippen LogP contribution in [0.3, 0.4) is 0 Å². The lowest BCUT2D eigenvalue weighted by Gasteiger charge is -2.29. The average molecular weight is 469 g/mol. The molecule has 2 heterocycles. The molecule has 0 radical (unpaired) electrons. The number of para-hydroxylation sites is 1. The zero-order valence-corrected chi connectivity index (χ0v) is 20.8. The van der Waals surface area contributed by atoms with E-state index >= 15 is 0 Å². The Balaban J connectivity index is 1.48. The van der Waals surface area contributed by atoms with Gasteiger partial charge in [0.25, 0.3) is 0 Å². The van der Waals surface area contributed by atoms with E-state index in [0.29, 0.717) is 5.75 Å². The van der Waals surface area contributed by atoms with Gasteiger partial charge < -0.3 is 9.80 Å². The van der Waals surface area contributed by atoms with Crippen LogP contribution in [-0.4, -0.2) is 52.3 Å². The summed E-state index contributed by atoms with van der Waals surface area (Å²) in [4.78, 5) is 34.8. The zero-order valence-electron chi connectivity index (χ0n) is 20.0. The summed E-state index contributed by atoms with van der Waals surface area (Å²) in [6.07, 6.45) is 7.07. The maximum atomic E-state index is 13.1. The number of nitrogens with zero attached hydrogens (tertiary/aromatic N) is 4. The number of hydrogen-bond acceptors (Lipinski definition) is 5. The predicted octanol–water partition coefficient (Wildman–Crippen LogP) is 3.93. The van der Waals surface area contributed by atoms with E-state index in [9.17, 15) is 9.59 Å². The van der Waals surface area contributed by atoms with Crippen molar-refractivity contribution in [1.82, 2.24) is 14.5 Å². The minimum Gasteiger partial charge on any atom is -0.311 e. The third-order valence-electron chi connectivity index (χ3n) is 6.94. The molecule has 1 amide bonds. The van der Waals surface area contributed by atoms with Crippen LogP contribution >= 0.6 is 11.8 Å². The van der Waals surface area contributed by atoms with E-state index in [1.165, 1.54) is 22.9 Å². The molecule has 0 N–H and O–H groups in total. The van der Waals surface area contributed by atoms with E-state index in [-0.39, 0.29) is 11.6 Å². The fourth-order valence-corrected chi connectivity index (χ4v) is 6.04. The topological polar surface area (TPSA) is 58.4 Å². The summed E-state index contributed by atoms with van der Waals surface area (Å²) in [5.74, 6) is 0.418. The fourth-order valence-electron chi connectivity index (χ4n) is 5.09. The second kappa shape index (κ2) is 11.3. The molecule has 0 unspecified atom stereocenters. The van der Waals surface area contributed by atoms with Gasteiger partial charge >= 0.3 is 5.69 Å². The van der Waals surface area contributed by atoms with Crippen LogP contribution in [0, 0.1) is 0 Å². The van der Waals surface area contributed by atoms with Crippen molar-refractivity contribution in [2.45, 2.75) is 70.4 Å². The van der Waals surface area contributed by atoms with Gasteiger partial charge in [-0.25, -0.2) is 4.79 Å². The highest BCUT2D eigenvalue weighted by Gasteiger charge is 2.25. The van der Waals surface area contributed by atoms with Crippen molar-refractivity contribution in [3.05, 3.63) is 51.6 Å². The Morgan fingerprint density at radius 3 is 2.70 bits per heavy atom. The fraction of sp³-hybridized carbons (Fsp3) is 0.577. The molecule has 7 heteroatoms. The van der Waals surface area contributed by atoms with Gasteiger partial charge in [0.05, 0.1) is 5.75 Å². The molecular weight excluding hydrogens is 432 g/mol. The molecule has 6 nitrogen and oxygen atoms in total. The second-order valence-electron chi connectivity index (χ2n) is 8.93. The molecule has 1 aliphatic carbocycles. The van der Waals surface area contributed by atoms with Gasteiger partial charge in [-0.2, -0.15) is 4.98 Å². The first-order valence-electron chi connectivity index (χ1n) is 12.5. The number of fused-ring (bicyclic) bond motifs is 2. The Morgan fingerprint density at radius 2 is 1.88 bits per heavy atom. The highest BCUT2D eigenvalue weighted by molar-refractivity contribution is 8.00. The van der Waals surface area contributed by atoms with Crippen LogP contribution in [0.2, 0.25) is 0 Å². The van der Waals surface area contributed by atoms with E-state index in [4.69, 9.17) is 0 Å². The van der Waals surface area contributed by atoms with Crippen LogP contribution < -0.4 is 10.6 Å². The number of amides is 1. The van der Waals surface area contributed by atoms with Crippen molar-refractivity contribution in [3.63, 3.8) is 0 Å². The number of hydrogen-bond donors (Lipinski definition) is 0. The first kappa shape index (κ1) is 24.0. The maximum absolute atomic E-state index is 13.1. The Hall–Kier alpha value is -2.12. The third-order valence-corrected chi connectivity index (χ3v) is 7.95. The largest absolute Gasteiger partial charge is 0.348 e. The molecule has 1 aromatic heterocycles. The molecule has 0 bridgehead atoms. The number of thioether (sulfide) groups is 1. The normalized spacial score (nSPS) is 15.4. The monoisotopic (exact) mass is 468 g/mol. The van der Waals surface area contributed by atoms with Gasteiger partial charge in [0.15, 0.2) is 0 Å². The number of anilines is 1. The lowest BCUT2D eigenvalue weighted by molar-refractivity contribution is -0.116. The number of carbonyl (C=O) groups excluding carboxylic acids is 1. The van der Waals surface area contributed by atoms with Gasteiger partial charge in [-0.1, -0.05) is 43.8 Å². The molecule has 2 aromatic rings. The first-order valence-corrected chi connectivity index (χ1v) is 13.5. The van der Waals surface area contributed by atoms with Crippen LogP contribution in [0.25, 0.3) is 0 Å². The summed E-state index contributed by atoms with van der Waals surface area (Å²) in [6.45, 7) is 8.90. The number of aromatic nitrogens is 2. The molecule has 1 aliphatic heterocycles. The van der Waals surface area contributed by atoms with Crippen LogP contribution in [0.15, 0.2) is 34.1 Å². The zero-order chi connectivity index (χ0) is 23.2. The summed E-state index contributed by atoms with van der Waals surface area (Å²) < 4.78 is 1.91. The van der Waals surface area contributed by atoms with Crippen molar-refractivity contribution in [3.8, 4) is 0 Å². The molecular formula is C26H36N4O2S. The molecule has 4 rings (SSSR count).